The van der Waals surface area contributed by atoms with Crippen molar-refractivity contribution in [2.45, 2.75) is 12.8 Å². The molecule has 4 aromatic rings. The molecule has 2 fully saturated rings. The van der Waals surface area contributed by atoms with Gasteiger partial charge in [-0.05, 0) is 56.3 Å². The normalized spacial score (nSPS) is 16.4. The summed E-state index contributed by atoms with van der Waals surface area (Å²) in [6.07, 6.45) is 3.51. The number of primary amides is 1. The van der Waals surface area contributed by atoms with Gasteiger partial charge in [-0.25, -0.2) is 23.7 Å². The fourth-order valence-corrected chi connectivity index (χ4v) is 5.09. The summed E-state index contributed by atoms with van der Waals surface area (Å²) in [7, 11) is 2.10. The number of rotatable bonds is 10. The molecule has 0 bridgehead atoms. The second-order valence-corrected chi connectivity index (χ2v) is 11.0. The molecule has 1 aliphatic carbocycles. The second kappa shape index (κ2) is 12.1. The number of anilines is 2. The summed E-state index contributed by atoms with van der Waals surface area (Å²) in [6, 6.07) is 10.6. The van der Waals surface area contributed by atoms with Gasteiger partial charge in [0.15, 0.2) is 28.5 Å². The lowest BCUT2D eigenvalue weighted by molar-refractivity contribution is -0.133. The minimum absolute atomic E-state index is 0.120. The van der Waals surface area contributed by atoms with Crippen LogP contribution >= 0.6 is 0 Å². The third-order valence-corrected chi connectivity index (χ3v) is 7.95. The zero-order valence-corrected chi connectivity index (χ0v) is 24.1. The van der Waals surface area contributed by atoms with E-state index >= 15 is 4.39 Å². The fourth-order valence-electron chi connectivity index (χ4n) is 5.09. The summed E-state index contributed by atoms with van der Waals surface area (Å²) in [5.74, 6) is -2.32. The molecule has 0 unspecified atom stereocenters. The van der Waals surface area contributed by atoms with Crippen LogP contribution in [0, 0.1) is 17.0 Å². The molecule has 2 aliphatic rings. The summed E-state index contributed by atoms with van der Waals surface area (Å²) in [5, 5.41) is 0. The quantitative estimate of drug-likeness (QED) is 0.270. The topological polar surface area (TPSA) is 127 Å². The van der Waals surface area contributed by atoms with E-state index in [-0.39, 0.29) is 47.1 Å². The van der Waals surface area contributed by atoms with E-state index in [0.717, 1.165) is 38.8 Å². The van der Waals surface area contributed by atoms with Crippen LogP contribution in [-0.2, 0) is 9.59 Å². The molecule has 2 amide bonds. The molecule has 0 radical (unpaired) electrons. The molecule has 2 aromatic carbocycles. The monoisotopic (exact) mass is 603 g/mol. The lowest BCUT2D eigenvalue weighted by Gasteiger charge is -2.32. The number of ether oxygens (including phenoxy) is 2. The van der Waals surface area contributed by atoms with Gasteiger partial charge in [-0.1, -0.05) is 0 Å². The van der Waals surface area contributed by atoms with Crippen molar-refractivity contribution in [3.8, 4) is 17.4 Å². The molecular formula is C31H31F2N7O4. The van der Waals surface area contributed by atoms with Gasteiger partial charge in [-0.15, -0.1) is 0 Å². The molecule has 0 spiro atoms. The van der Waals surface area contributed by atoms with E-state index in [1.165, 1.54) is 59.8 Å². The molecular weight excluding hydrogens is 572 g/mol. The molecule has 2 aromatic heterocycles. The van der Waals surface area contributed by atoms with Crippen molar-refractivity contribution in [3.05, 3.63) is 72.6 Å². The number of halogens is 2. The molecule has 11 nitrogen and oxygen atoms in total. The highest BCUT2D eigenvalue weighted by molar-refractivity contribution is 6.16. The Morgan fingerprint density at radius 1 is 0.977 bits per heavy atom. The molecule has 0 atom stereocenters. The van der Waals surface area contributed by atoms with Crippen LogP contribution in [0.15, 0.2) is 60.9 Å². The SMILES string of the molecule is CN1CCN(CCOc2cnc3nccc(Oc4ccc(N(C(=O)C5(C(N)=O)CC5)c5ccc(F)cc5)cc4F)c3n2)CC1. The highest BCUT2D eigenvalue weighted by Crippen LogP contribution is 2.49. The lowest BCUT2D eigenvalue weighted by Crippen LogP contribution is -2.45. The number of carbonyl (C=O) groups excluding carboxylic acids is 2. The van der Waals surface area contributed by atoms with Crippen LogP contribution in [0.1, 0.15) is 12.8 Å². The Kier molecular flexibility index (Phi) is 8.06. The number of fused-ring (bicyclic) bond motifs is 1. The van der Waals surface area contributed by atoms with Gasteiger partial charge in [0.05, 0.1) is 11.9 Å². The van der Waals surface area contributed by atoms with Crippen LogP contribution in [0.25, 0.3) is 11.2 Å². The van der Waals surface area contributed by atoms with E-state index < -0.39 is 28.9 Å². The Bertz CT molecular complexity index is 1690. The van der Waals surface area contributed by atoms with Crippen molar-refractivity contribution in [2.75, 3.05) is 51.3 Å². The maximum atomic E-state index is 15.6. The summed E-state index contributed by atoms with van der Waals surface area (Å²) in [5.41, 5.74) is 5.11. The van der Waals surface area contributed by atoms with Gasteiger partial charge in [0.25, 0.3) is 0 Å². The van der Waals surface area contributed by atoms with Crippen LogP contribution in [0.2, 0.25) is 0 Å². The number of hydrogen-bond acceptors (Lipinski definition) is 9. The first-order valence-corrected chi connectivity index (χ1v) is 14.3. The van der Waals surface area contributed by atoms with Crippen LogP contribution in [-0.4, -0.2) is 82.9 Å². The predicted molar refractivity (Wildman–Crippen MR) is 158 cm³/mol. The van der Waals surface area contributed by atoms with E-state index in [2.05, 4.69) is 31.8 Å². The maximum Gasteiger partial charge on any atom is 0.247 e. The van der Waals surface area contributed by atoms with Crippen molar-refractivity contribution in [1.82, 2.24) is 24.8 Å². The molecule has 13 heteroatoms. The van der Waals surface area contributed by atoms with Gasteiger partial charge in [-0.2, -0.15) is 0 Å². The zero-order valence-electron chi connectivity index (χ0n) is 24.1. The van der Waals surface area contributed by atoms with Gasteiger partial charge < -0.3 is 20.1 Å². The summed E-state index contributed by atoms with van der Waals surface area (Å²) in [6.45, 7) is 5.13. The molecule has 6 rings (SSSR count). The number of amides is 2. The van der Waals surface area contributed by atoms with Gasteiger partial charge in [0.2, 0.25) is 17.7 Å². The van der Waals surface area contributed by atoms with Gasteiger partial charge >= 0.3 is 0 Å². The van der Waals surface area contributed by atoms with Crippen molar-refractivity contribution in [3.63, 3.8) is 0 Å². The average Bonchev–Trinajstić information content (AvgIpc) is 3.83. The van der Waals surface area contributed by atoms with Crippen molar-refractivity contribution in [2.24, 2.45) is 11.1 Å². The number of pyridine rings is 1. The van der Waals surface area contributed by atoms with Crippen molar-refractivity contribution in [1.29, 1.82) is 0 Å². The first-order valence-electron chi connectivity index (χ1n) is 14.3. The summed E-state index contributed by atoms with van der Waals surface area (Å²) in [4.78, 5) is 44.5. The highest BCUT2D eigenvalue weighted by atomic mass is 19.1. The average molecular weight is 604 g/mol. The number of benzene rings is 2. The van der Waals surface area contributed by atoms with E-state index in [4.69, 9.17) is 15.2 Å². The zero-order chi connectivity index (χ0) is 30.8. The maximum absolute atomic E-state index is 15.6. The largest absolute Gasteiger partial charge is 0.475 e. The summed E-state index contributed by atoms with van der Waals surface area (Å²) < 4.78 is 41.0. The third kappa shape index (κ3) is 6.01. The van der Waals surface area contributed by atoms with Crippen LogP contribution in [0.4, 0.5) is 20.2 Å². The Morgan fingerprint density at radius 3 is 2.39 bits per heavy atom. The Hall–Kier alpha value is -4.75. The van der Waals surface area contributed by atoms with E-state index in [1.54, 1.807) is 0 Å². The molecule has 228 valence electrons. The minimum atomic E-state index is -1.39. The van der Waals surface area contributed by atoms with Crippen LogP contribution in [0.5, 0.6) is 17.4 Å². The van der Waals surface area contributed by atoms with Gasteiger partial charge in [-0.3, -0.25) is 19.4 Å². The van der Waals surface area contributed by atoms with Crippen molar-refractivity contribution >= 4 is 34.4 Å². The number of piperazine rings is 1. The predicted octanol–water partition coefficient (Wildman–Crippen LogP) is 3.65. The fraction of sp³-hybridized carbons (Fsp3) is 0.323. The smallest absolute Gasteiger partial charge is 0.247 e. The van der Waals surface area contributed by atoms with E-state index in [0.29, 0.717) is 12.3 Å². The molecule has 1 aliphatic heterocycles. The first-order chi connectivity index (χ1) is 21.2. The molecule has 44 heavy (non-hydrogen) atoms. The first kappa shape index (κ1) is 29.3. The van der Waals surface area contributed by atoms with E-state index in [1.807, 2.05) is 0 Å². The molecule has 1 saturated carbocycles. The minimum Gasteiger partial charge on any atom is -0.475 e. The van der Waals surface area contributed by atoms with Crippen LogP contribution < -0.4 is 20.1 Å². The standard InChI is InChI=1S/C31H31F2N7O4/c1-38-12-14-39(15-13-38)16-17-43-26-19-36-28-27(37-26)25(8-11-35-28)44-24-7-6-22(18-23(24)33)40(21-4-2-20(32)3-5-21)30(42)31(9-10-31)29(34)41/h2-8,11,18-19H,9-10,12-17H2,1H3,(H2,34,41). The lowest BCUT2D eigenvalue weighted by atomic mass is 10.0. The Morgan fingerprint density at radius 2 is 1.70 bits per heavy atom. The number of carbonyl (C=O) groups is 2. The number of nitrogens with two attached hydrogens (primary N) is 1. The number of likely N-dealkylation sites (N-methyl/N-ethyl adjacent to an activating group) is 1. The van der Waals surface area contributed by atoms with Gasteiger partial charge in [0, 0.05) is 56.7 Å². The second-order valence-electron chi connectivity index (χ2n) is 11.0. The summed E-state index contributed by atoms with van der Waals surface area (Å²) >= 11 is 0. The Balaban J connectivity index is 1.23. The number of hydrogen-bond donors (Lipinski definition) is 1. The number of nitrogens with zero attached hydrogens (tertiary/aromatic N) is 6. The highest BCUT2D eigenvalue weighted by Gasteiger charge is 2.57. The van der Waals surface area contributed by atoms with Crippen LogP contribution in [0.3, 0.4) is 0 Å². The molecule has 1 saturated heterocycles. The van der Waals surface area contributed by atoms with Gasteiger partial charge in [0.1, 0.15) is 17.8 Å². The van der Waals surface area contributed by atoms with Crippen molar-refractivity contribution < 1.29 is 27.8 Å². The number of aromatic nitrogens is 3. The third-order valence-electron chi connectivity index (χ3n) is 7.95. The van der Waals surface area contributed by atoms with E-state index in [9.17, 15) is 14.0 Å². The molecule has 3 heterocycles. The molecule has 2 N–H and O–H groups in total. The Labute approximate surface area is 252 Å².